The molecule has 1 aromatic rings. The van der Waals surface area contributed by atoms with Gasteiger partial charge in [0.05, 0.1) is 6.33 Å². The highest BCUT2D eigenvalue weighted by Gasteiger charge is 2.35. The van der Waals surface area contributed by atoms with Crippen LogP contribution in [-0.4, -0.2) is 9.97 Å². The summed E-state index contributed by atoms with van der Waals surface area (Å²) in [6.07, 6.45) is -3.40. The molecule has 6 heteroatoms. The second-order valence-electron chi connectivity index (χ2n) is 1.56. The lowest BCUT2D eigenvalue weighted by molar-refractivity contribution is -0.141. The molecule has 0 unspecified atom stereocenters. The third-order valence-corrected chi connectivity index (χ3v) is 1.47. The Morgan fingerprint density at radius 1 is 1.50 bits per heavy atom. The van der Waals surface area contributed by atoms with Crippen molar-refractivity contribution in [3.05, 3.63) is 16.6 Å². The van der Waals surface area contributed by atoms with E-state index in [0.29, 0.717) is 0 Å². The van der Waals surface area contributed by atoms with Gasteiger partial charge in [0.2, 0.25) is 0 Å². The molecule has 56 valence electrons. The fourth-order valence-electron chi connectivity index (χ4n) is 0.476. The smallest absolute Gasteiger partial charge is 0.339 e. The molecule has 0 aliphatic heterocycles. The van der Waals surface area contributed by atoms with Crippen LogP contribution in [0, 0.1) is 0 Å². The van der Waals surface area contributed by atoms with Crippen molar-refractivity contribution in [1.29, 1.82) is 0 Å². The van der Waals surface area contributed by atoms with Gasteiger partial charge < -0.3 is 4.98 Å². The van der Waals surface area contributed by atoms with Gasteiger partial charge in [-0.1, -0.05) is 0 Å². The van der Waals surface area contributed by atoms with Crippen molar-refractivity contribution in [3.63, 3.8) is 0 Å². The zero-order chi connectivity index (χ0) is 7.78. The van der Waals surface area contributed by atoms with E-state index in [-0.39, 0.29) is 4.60 Å². The molecule has 0 spiro atoms. The molecule has 1 rings (SSSR count). The fourth-order valence-corrected chi connectivity index (χ4v) is 0.906. The predicted molar refractivity (Wildman–Crippen MR) is 31.3 cm³/mol. The van der Waals surface area contributed by atoms with Gasteiger partial charge in [0.25, 0.3) is 0 Å². The number of halogens is 4. The Morgan fingerprint density at radius 3 is 2.30 bits per heavy atom. The van der Waals surface area contributed by atoms with E-state index in [9.17, 15) is 13.2 Å². The van der Waals surface area contributed by atoms with Crippen LogP contribution >= 0.6 is 15.9 Å². The number of imidazole rings is 1. The first-order valence-electron chi connectivity index (χ1n) is 2.28. The van der Waals surface area contributed by atoms with Crippen molar-refractivity contribution in [2.24, 2.45) is 0 Å². The quantitative estimate of drug-likeness (QED) is 0.705. The standard InChI is InChI=1S/C4H2BrF3N2/c5-3-2(4(6,7)8)9-1-10-3/h1H,(H,9,10). The van der Waals surface area contributed by atoms with Crippen LogP contribution in [0.15, 0.2) is 10.9 Å². The van der Waals surface area contributed by atoms with E-state index in [2.05, 4.69) is 25.9 Å². The number of hydrogen-bond acceptors (Lipinski definition) is 1. The Kier molecular flexibility index (Phi) is 1.72. The van der Waals surface area contributed by atoms with Crippen molar-refractivity contribution in [3.8, 4) is 0 Å². The van der Waals surface area contributed by atoms with Gasteiger partial charge in [-0.3, -0.25) is 0 Å². The molecule has 0 bridgehead atoms. The van der Waals surface area contributed by atoms with E-state index in [4.69, 9.17) is 0 Å². The zero-order valence-corrected chi connectivity index (χ0v) is 6.12. The van der Waals surface area contributed by atoms with Gasteiger partial charge in [-0.15, -0.1) is 0 Å². The average Bonchev–Trinajstić information content (AvgIpc) is 2.11. The predicted octanol–water partition coefficient (Wildman–Crippen LogP) is 2.19. The second-order valence-corrected chi connectivity index (χ2v) is 2.36. The molecule has 2 nitrogen and oxygen atoms in total. The highest BCUT2D eigenvalue weighted by Crippen LogP contribution is 2.31. The number of nitrogens with one attached hydrogen (secondary N) is 1. The highest BCUT2D eigenvalue weighted by molar-refractivity contribution is 9.10. The summed E-state index contributed by atoms with van der Waals surface area (Å²) >= 11 is 2.66. The molecular weight excluding hydrogens is 213 g/mol. The minimum atomic E-state index is -4.38. The van der Waals surface area contributed by atoms with Crippen molar-refractivity contribution < 1.29 is 13.2 Å². The summed E-state index contributed by atoms with van der Waals surface area (Å²) in [4.78, 5) is 5.32. The van der Waals surface area contributed by atoms with Crippen LogP contribution in [0.4, 0.5) is 13.2 Å². The molecule has 0 saturated carbocycles. The molecule has 1 heterocycles. The van der Waals surface area contributed by atoms with E-state index < -0.39 is 11.9 Å². The molecule has 0 amide bonds. The summed E-state index contributed by atoms with van der Waals surface area (Å²) in [5.74, 6) is 0. The summed E-state index contributed by atoms with van der Waals surface area (Å²) in [7, 11) is 0. The Balaban J connectivity index is 3.05. The monoisotopic (exact) mass is 214 g/mol. The fraction of sp³-hybridized carbons (Fsp3) is 0.250. The molecule has 0 radical (unpaired) electrons. The van der Waals surface area contributed by atoms with Crippen LogP contribution < -0.4 is 0 Å². The lowest BCUT2D eigenvalue weighted by atomic mass is 10.5. The van der Waals surface area contributed by atoms with E-state index in [0.717, 1.165) is 6.33 Å². The van der Waals surface area contributed by atoms with Gasteiger partial charge in [-0.25, -0.2) is 4.98 Å². The summed E-state index contributed by atoms with van der Waals surface area (Å²) in [6.45, 7) is 0. The first-order valence-corrected chi connectivity index (χ1v) is 3.07. The van der Waals surface area contributed by atoms with Gasteiger partial charge in [0.1, 0.15) is 4.60 Å². The van der Waals surface area contributed by atoms with Crippen LogP contribution in [0.3, 0.4) is 0 Å². The Hall–Kier alpha value is -0.520. The molecule has 0 fully saturated rings. The molecular formula is C4H2BrF3N2. The lowest BCUT2D eigenvalue weighted by Gasteiger charge is -2.00. The first kappa shape index (κ1) is 7.59. The number of H-pyrrole nitrogens is 1. The minimum Gasteiger partial charge on any atom is -0.339 e. The number of aromatic nitrogens is 2. The van der Waals surface area contributed by atoms with Crippen molar-refractivity contribution in [2.45, 2.75) is 6.18 Å². The van der Waals surface area contributed by atoms with Crippen molar-refractivity contribution >= 4 is 15.9 Å². The first-order chi connectivity index (χ1) is 4.52. The minimum absolute atomic E-state index is 0.139. The van der Waals surface area contributed by atoms with Crippen LogP contribution in [0.1, 0.15) is 5.69 Å². The van der Waals surface area contributed by atoms with Gasteiger partial charge in [-0.05, 0) is 15.9 Å². The maximum Gasteiger partial charge on any atom is 0.436 e. The number of rotatable bonds is 0. The van der Waals surface area contributed by atoms with E-state index in [1.165, 1.54) is 0 Å². The third kappa shape index (κ3) is 1.31. The second kappa shape index (κ2) is 2.26. The topological polar surface area (TPSA) is 28.7 Å². The van der Waals surface area contributed by atoms with Crippen LogP contribution in [-0.2, 0) is 6.18 Å². The molecule has 1 N–H and O–H groups in total. The molecule has 10 heavy (non-hydrogen) atoms. The van der Waals surface area contributed by atoms with E-state index in [1.54, 1.807) is 0 Å². The van der Waals surface area contributed by atoms with Gasteiger partial charge in [-0.2, -0.15) is 13.2 Å². The normalized spacial score (nSPS) is 12.0. The zero-order valence-electron chi connectivity index (χ0n) is 4.54. The van der Waals surface area contributed by atoms with Gasteiger partial charge in [0.15, 0.2) is 5.69 Å². The van der Waals surface area contributed by atoms with E-state index in [1.807, 2.05) is 0 Å². The lowest BCUT2D eigenvalue weighted by Crippen LogP contribution is -2.05. The largest absolute Gasteiger partial charge is 0.436 e. The maximum atomic E-state index is 11.8. The van der Waals surface area contributed by atoms with Crippen LogP contribution in [0.5, 0.6) is 0 Å². The van der Waals surface area contributed by atoms with Crippen molar-refractivity contribution in [2.75, 3.05) is 0 Å². The van der Waals surface area contributed by atoms with E-state index >= 15 is 0 Å². The van der Waals surface area contributed by atoms with Gasteiger partial charge >= 0.3 is 6.18 Å². The summed E-state index contributed by atoms with van der Waals surface area (Å²) < 4.78 is 35.2. The summed E-state index contributed by atoms with van der Waals surface area (Å²) in [5, 5.41) is 0. The van der Waals surface area contributed by atoms with Crippen LogP contribution in [0.25, 0.3) is 0 Å². The maximum absolute atomic E-state index is 11.8. The molecule has 0 saturated heterocycles. The summed E-state index contributed by atoms with van der Waals surface area (Å²) in [6, 6.07) is 0. The average molecular weight is 215 g/mol. The molecule has 0 atom stereocenters. The summed E-state index contributed by atoms with van der Waals surface area (Å²) in [5.41, 5.74) is -0.924. The van der Waals surface area contributed by atoms with Gasteiger partial charge in [0, 0.05) is 0 Å². The Morgan fingerprint density at radius 2 is 2.10 bits per heavy atom. The Labute approximate surface area is 62.6 Å². The Bertz CT molecular complexity index is 229. The number of alkyl halides is 3. The molecule has 0 aliphatic carbocycles. The number of aromatic amines is 1. The molecule has 0 aliphatic rings. The van der Waals surface area contributed by atoms with Crippen LogP contribution in [0.2, 0.25) is 0 Å². The number of hydrogen-bond donors (Lipinski definition) is 1. The molecule has 0 aromatic carbocycles. The number of nitrogens with zero attached hydrogens (tertiary/aromatic N) is 1. The van der Waals surface area contributed by atoms with Crippen molar-refractivity contribution in [1.82, 2.24) is 9.97 Å². The SMILES string of the molecule is FC(F)(F)c1nc[nH]c1Br. The highest BCUT2D eigenvalue weighted by atomic mass is 79.9. The molecule has 1 aromatic heterocycles. The third-order valence-electron chi connectivity index (χ3n) is 0.861.